The highest BCUT2D eigenvalue weighted by atomic mass is 32.1. The first kappa shape index (κ1) is 17.1. The molecule has 0 radical (unpaired) electrons. The number of nitrogens with one attached hydrogen (secondary N) is 1. The lowest BCUT2D eigenvalue weighted by molar-refractivity contribution is -0.143. The largest absolute Gasteiger partial charge is 0.481 e. The number of aliphatic carboxylic acids is 1. The summed E-state index contributed by atoms with van der Waals surface area (Å²) < 4.78 is 0. The first-order valence-electron chi connectivity index (χ1n) is 7.87. The van der Waals surface area contributed by atoms with Crippen molar-refractivity contribution in [3.8, 4) is 0 Å². The Bertz CT molecular complexity index is 790. The number of carboxylic acid groups (broad SMARTS) is 1. The molecule has 0 spiro atoms. The molecular formula is C17H17N3O4S. The van der Waals surface area contributed by atoms with Gasteiger partial charge in [-0.1, -0.05) is 0 Å². The Morgan fingerprint density at radius 1 is 1.24 bits per heavy atom. The molecule has 8 heteroatoms. The van der Waals surface area contributed by atoms with Crippen molar-refractivity contribution >= 4 is 34.8 Å². The van der Waals surface area contributed by atoms with Crippen molar-refractivity contribution in [2.75, 3.05) is 18.4 Å². The fraction of sp³-hybridized carbons (Fsp3) is 0.294. The summed E-state index contributed by atoms with van der Waals surface area (Å²) in [5.74, 6) is -1.98. The van der Waals surface area contributed by atoms with Crippen LogP contribution in [0.15, 0.2) is 36.0 Å². The number of thiophene rings is 1. The SMILES string of the molecule is O=C(Nc1ccsc1C(=O)N1CCCC(C(=O)O)C1)c1ccncc1. The number of rotatable bonds is 4. The molecule has 0 bridgehead atoms. The summed E-state index contributed by atoms with van der Waals surface area (Å²) in [6.45, 7) is 0.724. The van der Waals surface area contributed by atoms with Crippen LogP contribution in [0.3, 0.4) is 0 Å². The summed E-state index contributed by atoms with van der Waals surface area (Å²) in [5.41, 5.74) is 0.887. The zero-order valence-corrected chi connectivity index (χ0v) is 14.2. The van der Waals surface area contributed by atoms with Crippen molar-refractivity contribution in [2.45, 2.75) is 12.8 Å². The summed E-state index contributed by atoms with van der Waals surface area (Å²) in [7, 11) is 0. The average Bonchev–Trinajstić information content (AvgIpc) is 3.10. The molecular weight excluding hydrogens is 342 g/mol. The lowest BCUT2D eigenvalue weighted by atomic mass is 9.98. The Hall–Kier alpha value is -2.74. The highest BCUT2D eigenvalue weighted by Gasteiger charge is 2.30. The summed E-state index contributed by atoms with van der Waals surface area (Å²) in [5, 5.41) is 13.6. The predicted octanol–water partition coefficient (Wildman–Crippen LogP) is 2.33. The second kappa shape index (κ2) is 7.43. The Balaban J connectivity index is 1.74. The molecule has 2 aromatic heterocycles. The molecule has 1 fully saturated rings. The molecule has 0 aromatic carbocycles. The number of hydrogen-bond acceptors (Lipinski definition) is 5. The Kier molecular flexibility index (Phi) is 5.08. The minimum atomic E-state index is -0.880. The molecule has 0 aliphatic carbocycles. The normalized spacial score (nSPS) is 17.1. The molecule has 3 rings (SSSR count). The number of amides is 2. The minimum absolute atomic E-state index is 0.198. The quantitative estimate of drug-likeness (QED) is 0.873. The summed E-state index contributed by atoms with van der Waals surface area (Å²) >= 11 is 1.23. The molecule has 3 heterocycles. The maximum Gasteiger partial charge on any atom is 0.308 e. The van der Waals surface area contributed by atoms with Crippen LogP contribution in [0.5, 0.6) is 0 Å². The van der Waals surface area contributed by atoms with Gasteiger partial charge in [-0.05, 0) is 36.4 Å². The number of nitrogens with zero attached hydrogens (tertiary/aromatic N) is 2. The smallest absolute Gasteiger partial charge is 0.308 e. The molecule has 7 nitrogen and oxygen atoms in total. The van der Waals surface area contributed by atoms with Gasteiger partial charge in [-0.2, -0.15) is 0 Å². The first-order valence-corrected chi connectivity index (χ1v) is 8.75. The van der Waals surface area contributed by atoms with E-state index in [2.05, 4.69) is 10.3 Å². The Morgan fingerprint density at radius 3 is 2.72 bits per heavy atom. The zero-order chi connectivity index (χ0) is 17.8. The third kappa shape index (κ3) is 3.85. The number of hydrogen-bond donors (Lipinski definition) is 2. The molecule has 25 heavy (non-hydrogen) atoms. The molecule has 2 aromatic rings. The Labute approximate surface area is 148 Å². The van der Waals surface area contributed by atoms with Gasteiger partial charge >= 0.3 is 5.97 Å². The second-order valence-electron chi connectivity index (χ2n) is 5.78. The fourth-order valence-electron chi connectivity index (χ4n) is 2.78. The van der Waals surface area contributed by atoms with Crippen LogP contribution >= 0.6 is 11.3 Å². The third-order valence-corrected chi connectivity index (χ3v) is 5.01. The summed E-state index contributed by atoms with van der Waals surface area (Å²) in [6, 6.07) is 4.85. The van der Waals surface area contributed by atoms with Crippen LogP contribution in [0.25, 0.3) is 0 Å². The number of carbonyl (C=O) groups is 3. The van der Waals surface area contributed by atoms with Crippen molar-refractivity contribution in [2.24, 2.45) is 5.92 Å². The Morgan fingerprint density at radius 2 is 2.00 bits per heavy atom. The van der Waals surface area contributed by atoms with Gasteiger partial charge in [0.1, 0.15) is 4.88 Å². The van der Waals surface area contributed by atoms with E-state index in [0.29, 0.717) is 35.5 Å². The van der Waals surface area contributed by atoms with E-state index in [1.165, 1.54) is 23.7 Å². The lowest BCUT2D eigenvalue weighted by Crippen LogP contribution is -2.42. The van der Waals surface area contributed by atoms with E-state index in [1.807, 2.05) is 0 Å². The van der Waals surface area contributed by atoms with Crippen molar-refractivity contribution in [3.05, 3.63) is 46.4 Å². The second-order valence-corrected chi connectivity index (χ2v) is 6.70. The minimum Gasteiger partial charge on any atom is -0.481 e. The van der Waals surface area contributed by atoms with Gasteiger partial charge in [-0.3, -0.25) is 19.4 Å². The maximum absolute atomic E-state index is 12.7. The number of piperidine rings is 1. The standard InChI is InChI=1S/C17H17N3O4S/c21-15(11-3-6-18-7-4-11)19-13-5-9-25-14(13)16(22)20-8-1-2-12(10-20)17(23)24/h3-7,9,12H,1-2,8,10H2,(H,19,21)(H,23,24). The van der Waals surface area contributed by atoms with Crippen LogP contribution in [-0.4, -0.2) is 45.9 Å². The van der Waals surface area contributed by atoms with Gasteiger partial charge in [0.05, 0.1) is 11.6 Å². The van der Waals surface area contributed by atoms with Gasteiger partial charge in [-0.25, -0.2) is 0 Å². The number of carboxylic acids is 1. The van der Waals surface area contributed by atoms with E-state index in [0.717, 1.165) is 0 Å². The molecule has 130 valence electrons. The number of anilines is 1. The molecule has 2 amide bonds. The van der Waals surface area contributed by atoms with Gasteiger partial charge in [0.2, 0.25) is 0 Å². The van der Waals surface area contributed by atoms with E-state index in [-0.39, 0.29) is 18.4 Å². The van der Waals surface area contributed by atoms with Crippen molar-refractivity contribution in [1.29, 1.82) is 0 Å². The number of pyridine rings is 1. The highest BCUT2D eigenvalue weighted by Crippen LogP contribution is 2.27. The van der Waals surface area contributed by atoms with Gasteiger partial charge in [-0.15, -0.1) is 11.3 Å². The molecule has 1 unspecified atom stereocenters. The average molecular weight is 359 g/mol. The van der Waals surface area contributed by atoms with E-state index in [9.17, 15) is 19.5 Å². The van der Waals surface area contributed by atoms with E-state index >= 15 is 0 Å². The van der Waals surface area contributed by atoms with Gasteiger partial charge in [0, 0.05) is 31.0 Å². The van der Waals surface area contributed by atoms with Gasteiger partial charge in [0.15, 0.2) is 0 Å². The number of carbonyl (C=O) groups excluding carboxylic acids is 2. The van der Waals surface area contributed by atoms with Crippen molar-refractivity contribution < 1.29 is 19.5 Å². The van der Waals surface area contributed by atoms with Gasteiger partial charge in [0.25, 0.3) is 11.8 Å². The van der Waals surface area contributed by atoms with E-state index in [4.69, 9.17) is 0 Å². The predicted molar refractivity (Wildman–Crippen MR) is 92.8 cm³/mol. The first-order chi connectivity index (χ1) is 12.1. The van der Waals surface area contributed by atoms with Gasteiger partial charge < -0.3 is 15.3 Å². The molecule has 1 saturated heterocycles. The van der Waals surface area contributed by atoms with E-state index in [1.54, 1.807) is 28.5 Å². The zero-order valence-electron chi connectivity index (χ0n) is 13.3. The van der Waals surface area contributed by atoms with E-state index < -0.39 is 11.9 Å². The van der Waals surface area contributed by atoms with Crippen molar-refractivity contribution in [1.82, 2.24) is 9.88 Å². The maximum atomic E-state index is 12.7. The molecule has 2 N–H and O–H groups in total. The summed E-state index contributed by atoms with van der Waals surface area (Å²) in [4.78, 5) is 42.0. The molecule has 0 saturated carbocycles. The molecule has 1 atom stereocenters. The van der Waals surface area contributed by atoms with Crippen LogP contribution in [-0.2, 0) is 4.79 Å². The van der Waals surface area contributed by atoms with Crippen LogP contribution in [0, 0.1) is 5.92 Å². The number of aromatic nitrogens is 1. The van der Waals surface area contributed by atoms with Crippen LogP contribution in [0.1, 0.15) is 32.9 Å². The van der Waals surface area contributed by atoms with Crippen molar-refractivity contribution in [3.63, 3.8) is 0 Å². The fourth-order valence-corrected chi connectivity index (χ4v) is 3.59. The van der Waals surface area contributed by atoms with Crippen LogP contribution in [0.2, 0.25) is 0 Å². The topological polar surface area (TPSA) is 99.6 Å². The molecule has 1 aliphatic rings. The molecule has 1 aliphatic heterocycles. The summed E-state index contributed by atoms with van der Waals surface area (Å²) in [6.07, 6.45) is 4.28. The third-order valence-electron chi connectivity index (χ3n) is 4.11. The monoisotopic (exact) mass is 359 g/mol. The van der Waals surface area contributed by atoms with Crippen LogP contribution < -0.4 is 5.32 Å². The number of likely N-dealkylation sites (tertiary alicyclic amines) is 1. The lowest BCUT2D eigenvalue weighted by Gasteiger charge is -2.30. The van der Waals surface area contributed by atoms with Crippen LogP contribution in [0.4, 0.5) is 5.69 Å². The highest BCUT2D eigenvalue weighted by molar-refractivity contribution is 7.12.